The minimum absolute atomic E-state index is 0.0201. The van der Waals surface area contributed by atoms with E-state index in [-0.39, 0.29) is 12.6 Å². The second-order valence-corrected chi connectivity index (χ2v) is 10.6. The van der Waals surface area contributed by atoms with E-state index in [1.54, 1.807) is 6.20 Å². The Bertz CT molecular complexity index is 1080. The van der Waals surface area contributed by atoms with Gasteiger partial charge in [-0.1, -0.05) is 17.7 Å². The molecule has 0 atom stereocenters. The topological polar surface area (TPSA) is 82.9 Å². The van der Waals surface area contributed by atoms with Gasteiger partial charge in [0.25, 0.3) is 0 Å². The average molecular weight is 536 g/mol. The van der Waals surface area contributed by atoms with E-state index in [9.17, 15) is 18.4 Å². The highest BCUT2D eigenvalue weighted by atomic mass is 35.5. The highest BCUT2D eigenvalue weighted by Crippen LogP contribution is 2.33. The molecule has 0 spiro atoms. The molecule has 0 unspecified atom stereocenters. The summed E-state index contributed by atoms with van der Waals surface area (Å²) in [7, 11) is 0. The molecule has 1 aliphatic heterocycles. The summed E-state index contributed by atoms with van der Waals surface area (Å²) < 4.78 is 42.6. The number of aromatic nitrogens is 2. The lowest BCUT2D eigenvalue weighted by atomic mass is 9.82. The number of ether oxygens (including phenoxy) is 1. The summed E-state index contributed by atoms with van der Waals surface area (Å²) in [5.41, 5.74) is 2.01. The number of nitrogens with one attached hydrogen (secondary N) is 2. The van der Waals surface area contributed by atoms with Crippen LogP contribution in [0.2, 0.25) is 5.02 Å². The van der Waals surface area contributed by atoms with Gasteiger partial charge in [0.2, 0.25) is 0 Å². The Morgan fingerprint density at radius 1 is 1.16 bits per heavy atom. The van der Waals surface area contributed by atoms with Crippen molar-refractivity contribution in [1.29, 1.82) is 5.26 Å². The first-order valence-electron chi connectivity index (χ1n) is 12.9. The monoisotopic (exact) mass is 535 g/mol. The third-order valence-electron chi connectivity index (χ3n) is 7.42. The van der Waals surface area contributed by atoms with Crippen molar-refractivity contribution in [2.45, 2.75) is 63.6 Å². The van der Waals surface area contributed by atoms with Crippen molar-refractivity contribution in [2.24, 2.45) is 11.3 Å². The number of alkyl halides is 3. The number of anilines is 1. The second kappa shape index (κ2) is 12.4. The number of hydrogen-bond acceptors (Lipinski definition) is 6. The van der Waals surface area contributed by atoms with E-state index < -0.39 is 18.0 Å². The summed E-state index contributed by atoms with van der Waals surface area (Å²) in [6, 6.07) is 10.3. The van der Waals surface area contributed by atoms with E-state index in [2.05, 4.69) is 21.7 Å². The molecule has 1 saturated heterocycles. The number of nitriles is 1. The number of halogens is 4. The normalized spacial score (nSPS) is 21.8. The van der Waals surface area contributed by atoms with Gasteiger partial charge in [0.1, 0.15) is 5.82 Å². The van der Waals surface area contributed by atoms with Crippen molar-refractivity contribution in [2.75, 3.05) is 31.6 Å². The van der Waals surface area contributed by atoms with Crippen LogP contribution in [0.3, 0.4) is 0 Å². The molecule has 2 aromatic heterocycles. The van der Waals surface area contributed by atoms with Gasteiger partial charge in [0.05, 0.1) is 28.6 Å². The maximum atomic E-state index is 12.4. The minimum Gasteiger partial charge on any atom is -0.381 e. The van der Waals surface area contributed by atoms with Crippen LogP contribution in [0, 0.1) is 22.7 Å². The van der Waals surface area contributed by atoms with Crippen LogP contribution in [0.4, 0.5) is 19.0 Å². The number of hydrogen-bond donors (Lipinski definition) is 2. The molecule has 0 aromatic carbocycles. The van der Waals surface area contributed by atoms with E-state index >= 15 is 0 Å². The van der Waals surface area contributed by atoms with Gasteiger partial charge in [-0.15, -0.1) is 0 Å². The smallest absolute Gasteiger partial charge is 0.381 e. The fraction of sp³-hybridized carbons (Fsp3) is 0.593. The molecule has 2 N–H and O–H groups in total. The van der Waals surface area contributed by atoms with Gasteiger partial charge in [0, 0.05) is 49.8 Å². The zero-order chi connectivity index (χ0) is 26.3. The summed E-state index contributed by atoms with van der Waals surface area (Å²) >= 11 is 6.50. The zero-order valence-corrected chi connectivity index (χ0v) is 21.5. The van der Waals surface area contributed by atoms with E-state index in [1.165, 1.54) is 0 Å². The Labute approximate surface area is 221 Å². The number of pyridine rings is 2. The van der Waals surface area contributed by atoms with Crippen LogP contribution in [0.5, 0.6) is 0 Å². The van der Waals surface area contributed by atoms with E-state index in [4.69, 9.17) is 21.3 Å². The summed E-state index contributed by atoms with van der Waals surface area (Å²) in [6.45, 7) is 1.67. The van der Waals surface area contributed by atoms with Crippen LogP contribution in [0.15, 0.2) is 30.5 Å². The van der Waals surface area contributed by atoms with Crippen molar-refractivity contribution in [3.8, 4) is 17.3 Å². The second-order valence-electron chi connectivity index (χ2n) is 10.2. The first kappa shape index (κ1) is 27.6. The molecule has 10 heteroatoms. The molecule has 2 aliphatic rings. The van der Waals surface area contributed by atoms with Crippen LogP contribution in [0.25, 0.3) is 11.3 Å². The first-order valence-corrected chi connectivity index (χ1v) is 13.3. The Morgan fingerprint density at radius 2 is 1.92 bits per heavy atom. The van der Waals surface area contributed by atoms with Gasteiger partial charge >= 0.3 is 6.18 Å². The number of rotatable bonds is 9. The minimum atomic E-state index is -4.11. The average Bonchev–Trinajstić information content (AvgIpc) is 2.90. The molecular formula is C27H33ClF3N5O. The lowest BCUT2D eigenvalue weighted by molar-refractivity contribution is -0.133. The molecule has 2 aromatic rings. The fourth-order valence-electron chi connectivity index (χ4n) is 5.11. The Hall–Kier alpha value is -2.41. The van der Waals surface area contributed by atoms with Crippen molar-refractivity contribution < 1.29 is 17.9 Å². The van der Waals surface area contributed by atoms with E-state index in [0.29, 0.717) is 49.4 Å². The van der Waals surface area contributed by atoms with Crippen LogP contribution >= 0.6 is 11.6 Å². The van der Waals surface area contributed by atoms with Crippen LogP contribution < -0.4 is 10.6 Å². The molecule has 0 amide bonds. The van der Waals surface area contributed by atoms with Crippen molar-refractivity contribution >= 4 is 17.4 Å². The van der Waals surface area contributed by atoms with Crippen molar-refractivity contribution in [3.05, 3.63) is 41.2 Å². The third kappa shape index (κ3) is 8.03. The maximum Gasteiger partial charge on any atom is 0.390 e. The van der Waals surface area contributed by atoms with Gasteiger partial charge in [-0.25, -0.2) is 4.98 Å². The zero-order valence-electron chi connectivity index (χ0n) is 20.8. The molecule has 2 fully saturated rings. The van der Waals surface area contributed by atoms with Gasteiger partial charge in [-0.3, -0.25) is 4.98 Å². The summed E-state index contributed by atoms with van der Waals surface area (Å²) in [6.07, 6.45) is 2.58. The first-order chi connectivity index (χ1) is 17.8. The Balaban J connectivity index is 1.34. The van der Waals surface area contributed by atoms with Gasteiger partial charge in [-0.2, -0.15) is 18.4 Å². The molecule has 4 rings (SSSR count). The Kier molecular flexibility index (Phi) is 9.27. The SMILES string of the molecule is N#CC1(CNc2cccc(-c3cc(CC4CCC(NCCC(F)(F)F)CC4)ncc3Cl)n2)CCOCC1. The third-order valence-corrected chi connectivity index (χ3v) is 7.72. The van der Waals surface area contributed by atoms with Crippen molar-refractivity contribution in [3.63, 3.8) is 0 Å². The molecule has 200 valence electrons. The number of nitrogens with zero attached hydrogens (tertiary/aromatic N) is 3. The predicted octanol–water partition coefficient (Wildman–Crippen LogP) is 6.17. The summed E-state index contributed by atoms with van der Waals surface area (Å²) in [5, 5.41) is 16.6. The van der Waals surface area contributed by atoms with E-state index in [0.717, 1.165) is 49.1 Å². The van der Waals surface area contributed by atoms with Crippen molar-refractivity contribution in [1.82, 2.24) is 15.3 Å². The summed E-state index contributed by atoms with van der Waals surface area (Å²) in [4.78, 5) is 9.28. The van der Waals surface area contributed by atoms with Crippen LogP contribution in [-0.2, 0) is 11.2 Å². The van der Waals surface area contributed by atoms with Gasteiger partial charge in [-0.05, 0) is 69.1 Å². The van der Waals surface area contributed by atoms with E-state index in [1.807, 2.05) is 24.3 Å². The highest BCUT2D eigenvalue weighted by molar-refractivity contribution is 6.33. The molecule has 0 bridgehead atoms. The molecule has 3 heterocycles. The van der Waals surface area contributed by atoms with Gasteiger partial charge in [0.15, 0.2) is 0 Å². The summed E-state index contributed by atoms with van der Waals surface area (Å²) in [5.74, 6) is 1.12. The lowest BCUT2D eigenvalue weighted by Gasteiger charge is -2.30. The molecule has 1 aliphatic carbocycles. The fourth-order valence-corrected chi connectivity index (χ4v) is 5.31. The molecule has 1 saturated carbocycles. The quantitative estimate of drug-likeness (QED) is 0.399. The molecule has 6 nitrogen and oxygen atoms in total. The van der Waals surface area contributed by atoms with Gasteiger partial charge < -0.3 is 15.4 Å². The maximum absolute atomic E-state index is 12.4. The highest BCUT2D eigenvalue weighted by Gasteiger charge is 2.32. The predicted molar refractivity (Wildman–Crippen MR) is 137 cm³/mol. The molecule has 37 heavy (non-hydrogen) atoms. The standard InChI is InChI=1S/C27H33ClF3N5O/c28-23-16-34-21(14-19-4-6-20(7-5-19)33-11-8-27(29,30)31)15-22(23)24-2-1-3-25(36-24)35-18-26(17-32)9-12-37-13-10-26/h1-3,15-16,19-20,33H,4-14,18H2,(H,35,36). The molecular weight excluding hydrogens is 503 g/mol. The largest absolute Gasteiger partial charge is 0.390 e. The van der Waals surface area contributed by atoms with Crippen LogP contribution in [-0.4, -0.2) is 48.5 Å². The molecule has 0 radical (unpaired) electrons. The van der Waals surface area contributed by atoms with Crippen LogP contribution in [0.1, 0.15) is 50.6 Å². The Morgan fingerprint density at radius 3 is 2.62 bits per heavy atom. The lowest BCUT2D eigenvalue weighted by Crippen LogP contribution is -2.35.